The number of hydrogen-bond acceptors (Lipinski definition) is 5. The van der Waals surface area contributed by atoms with Gasteiger partial charge in [-0.05, 0) is 67.3 Å². The van der Waals surface area contributed by atoms with Gasteiger partial charge < -0.3 is 10.1 Å². The summed E-state index contributed by atoms with van der Waals surface area (Å²) in [5.74, 6) is 0.343. The first-order valence-corrected chi connectivity index (χ1v) is 12.4. The lowest BCUT2D eigenvalue weighted by molar-refractivity contribution is -0.113. The average molecular weight is 466 g/mol. The molecule has 0 saturated heterocycles. The van der Waals surface area contributed by atoms with Crippen molar-refractivity contribution in [3.63, 3.8) is 0 Å². The number of halogens is 1. The van der Waals surface area contributed by atoms with Gasteiger partial charge in [-0.25, -0.2) is 4.79 Å². The number of thioether (sulfide) groups is 1. The summed E-state index contributed by atoms with van der Waals surface area (Å²) in [4.78, 5) is 27.5. The number of nitrogens with one attached hydrogen (secondary N) is 1. The van der Waals surface area contributed by atoms with Crippen LogP contribution in [0.5, 0.6) is 0 Å². The van der Waals surface area contributed by atoms with E-state index in [4.69, 9.17) is 16.3 Å². The standard InChI is InChI=1S/C23H28ClNO3S2/c1-5-28-22(27)20-17-11-6-14(23(2,3)4)12-18(17)30-21(20)25-19(26)13-29-16-9-7-15(24)8-10-16/h7-10,14H,5-6,11-13H2,1-4H3,(H,25,26)/t14-/m0/s1. The number of benzene rings is 1. The first-order valence-electron chi connectivity index (χ1n) is 10.2. The van der Waals surface area contributed by atoms with Crippen LogP contribution < -0.4 is 5.32 Å². The largest absolute Gasteiger partial charge is 0.462 e. The molecule has 0 radical (unpaired) electrons. The summed E-state index contributed by atoms with van der Waals surface area (Å²) >= 11 is 8.88. The first kappa shape index (κ1) is 23.2. The fourth-order valence-corrected chi connectivity index (χ4v) is 5.83. The Morgan fingerprint density at radius 1 is 1.27 bits per heavy atom. The van der Waals surface area contributed by atoms with Gasteiger partial charge >= 0.3 is 5.97 Å². The van der Waals surface area contributed by atoms with Gasteiger partial charge in [-0.2, -0.15) is 0 Å². The number of ether oxygens (including phenoxy) is 1. The summed E-state index contributed by atoms with van der Waals surface area (Å²) in [6.45, 7) is 8.90. The maximum atomic E-state index is 12.7. The van der Waals surface area contributed by atoms with Crippen molar-refractivity contribution >= 4 is 51.6 Å². The second-order valence-corrected chi connectivity index (χ2v) is 11.1. The fourth-order valence-electron chi connectivity index (χ4n) is 3.67. The second kappa shape index (κ2) is 9.75. The van der Waals surface area contributed by atoms with Gasteiger partial charge in [0.2, 0.25) is 5.91 Å². The Morgan fingerprint density at radius 3 is 2.60 bits per heavy atom. The van der Waals surface area contributed by atoms with Crippen molar-refractivity contribution in [3.05, 3.63) is 45.3 Å². The van der Waals surface area contributed by atoms with Crippen LogP contribution in [0.1, 0.15) is 54.9 Å². The quantitative estimate of drug-likeness (QED) is 0.393. The zero-order chi connectivity index (χ0) is 21.9. The Morgan fingerprint density at radius 2 is 1.97 bits per heavy atom. The summed E-state index contributed by atoms with van der Waals surface area (Å²) in [7, 11) is 0. The van der Waals surface area contributed by atoms with Gasteiger partial charge in [0.05, 0.1) is 17.9 Å². The van der Waals surface area contributed by atoms with E-state index in [1.54, 1.807) is 19.1 Å². The molecule has 0 aliphatic heterocycles. The van der Waals surface area contributed by atoms with E-state index in [9.17, 15) is 9.59 Å². The summed E-state index contributed by atoms with van der Waals surface area (Å²) in [5.41, 5.74) is 1.82. The molecule has 1 atom stereocenters. The van der Waals surface area contributed by atoms with Crippen molar-refractivity contribution in [1.82, 2.24) is 0 Å². The maximum absolute atomic E-state index is 12.7. The molecule has 7 heteroatoms. The van der Waals surface area contributed by atoms with Crippen LogP contribution in [0.2, 0.25) is 5.02 Å². The third-order valence-corrected chi connectivity index (χ3v) is 7.84. The Bertz CT molecular complexity index is 916. The third kappa shape index (κ3) is 5.59. The minimum absolute atomic E-state index is 0.133. The predicted molar refractivity (Wildman–Crippen MR) is 126 cm³/mol. The molecule has 0 saturated carbocycles. The topological polar surface area (TPSA) is 55.4 Å². The highest BCUT2D eigenvalue weighted by atomic mass is 35.5. The molecule has 0 fully saturated rings. The van der Waals surface area contributed by atoms with Gasteiger partial charge in [-0.1, -0.05) is 32.4 Å². The highest BCUT2D eigenvalue weighted by Crippen LogP contribution is 2.44. The normalized spacial score (nSPS) is 16.1. The molecule has 162 valence electrons. The summed E-state index contributed by atoms with van der Waals surface area (Å²) in [6.07, 6.45) is 2.82. The van der Waals surface area contributed by atoms with Gasteiger partial charge in [0.25, 0.3) is 0 Å². The molecule has 1 amide bonds. The summed E-state index contributed by atoms with van der Waals surface area (Å²) in [5, 5.41) is 4.26. The van der Waals surface area contributed by atoms with Gasteiger partial charge in [0.1, 0.15) is 5.00 Å². The molecule has 1 heterocycles. The minimum Gasteiger partial charge on any atom is -0.462 e. The zero-order valence-electron chi connectivity index (χ0n) is 17.8. The Hall–Kier alpha value is -1.50. The predicted octanol–water partition coefficient (Wildman–Crippen LogP) is 6.46. The van der Waals surface area contributed by atoms with Crippen LogP contribution in [0.25, 0.3) is 0 Å². The number of carbonyl (C=O) groups excluding carboxylic acids is 2. The smallest absolute Gasteiger partial charge is 0.341 e. The van der Waals surface area contributed by atoms with Crippen molar-refractivity contribution in [1.29, 1.82) is 0 Å². The molecule has 30 heavy (non-hydrogen) atoms. The molecule has 1 aliphatic rings. The van der Waals surface area contributed by atoms with Crippen LogP contribution in [0.4, 0.5) is 5.00 Å². The van der Waals surface area contributed by atoms with E-state index in [-0.39, 0.29) is 23.0 Å². The number of carbonyl (C=O) groups is 2. The van der Waals surface area contributed by atoms with Gasteiger partial charge in [-0.3, -0.25) is 4.79 Å². The molecule has 1 aromatic heterocycles. The molecular weight excluding hydrogens is 438 g/mol. The Balaban J connectivity index is 1.77. The lowest BCUT2D eigenvalue weighted by atomic mass is 9.72. The van der Waals surface area contributed by atoms with E-state index in [1.165, 1.54) is 28.0 Å². The second-order valence-electron chi connectivity index (χ2n) is 8.52. The van der Waals surface area contributed by atoms with Gasteiger partial charge in [0.15, 0.2) is 0 Å². The molecule has 1 aromatic carbocycles. The van der Waals surface area contributed by atoms with Crippen molar-refractivity contribution in [2.45, 2.75) is 51.9 Å². The molecule has 4 nitrogen and oxygen atoms in total. The molecule has 1 N–H and O–H groups in total. The maximum Gasteiger partial charge on any atom is 0.341 e. The van der Waals surface area contributed by atoms with E-state index >= 15 is 0 Å². The number of hydrogen-bond donors (Lipinski definition) is 1. The Labute approximate surface area is 191 Å². The van der Waals surface area contributed by atoms with E-state index in [2.05, 4.69) is 26.1 Å². The SMILES string of the molecule is CCOC(=O)c1c(NC(=O)CSc2ccc(Cl)cc2)sc2c1CC[C@H](C(C)(C)C)C2. The highest BCUT2D eigenvalue weighted by Gasteiger charge is 2.34. The molecule has 3 rings (SSSR count). The number of thiophene rings is 1. The van der Waals surface area contributed by atoms with E-state index < -0.39 is 0 Å². The number of rotatable bonds is 6. The molecule has 0 spiro atoms. The Kier molecular flexibility index (Phi) is 7.53. The lowest BCUT2D eigenvalue weighted by Crippen LogP contribution is -2.26. The van der Waals surface area contributed by atoms with Crippen molar-refractivity contribution in [3.8, 4) is 0 Å². The van der Waals surface area contributed by atoms with Crippen LogP contribution in [-0.2, 0) is 22.4 Å². The van der Waals surface area contributed by atoms with Crippen LogP contribution >= 0.6 is 34.7 Å². The number of amides is 1. The van der Waals surface area contributed by atoms with Crippen molar-refractivity contribution in [2.75, 3.05) is 17.7 Å². The monoisotopic (exact) mass is 465 g/mol. The van der Waals surface area contributed by atoms with Crippen molar-refractivity contribution < 1.29 is 14.3 Å². The molecule has 0 bridgehead atoms. The molecule has 1 aliphatic carbocycles. The van der Waals surface area contributed by atoms with Gasteiger partial charge in [0, 0.05) is 14.8 Å². The number of anilines is 1. The van der Waals surface area contributed by atoms with E-state index in [1.807, 2.05) is 12.1 Å². The lowest BCUT2D eigenvalue weighted by Gasteiger charge is -2.33. The molecule has 0 unspecified atom stereocenters. The first-order chi connectivity index (χ1) is 14.2. The van der Waals surface area contributed by atoms with Crippen molar-refractivity contribution in [2.24, 2.45) is 11.3 Å². The van der Waals surface area contributed by atoms with Crippen LogP contribution in [-0.4, -0.2) is 24.2 Å². The van der Waals surface area contributed by atoms with Crippen LogP contribution in [0.15, 0.2) is 29.2 Å². The summed E-state index contributed by atoms with van der Waals surface area (Å²) in [6, 6.07) is 7.39. The van der Waals surface area contributed by atoms with E-state index in [0.717, 1.165) is 29.7 Å². The number of esters is 1. The third-order valence-electron chi connectivity index (χ3n) is 5.41. The fraction of sp³-hybridized carbons (Fsp3) is 0.478. The van der Waals surface area contributed by atoms with Gasteiger partial charge in [-0.15, -0.1) is 23.1 Å². The number of fused-ring (bicyclic) bond motifs is 1. The molecule has 2 aromatic rings. The van der Waals surface area contributed by atoms with Crippen LogP contribution in [0.3, 0.4) is 0 Å². The molecular formula is C23H28ClNO3S2. The zero-order valence-corrected chi connectivity index (χ0v) is 20.2. The van der Waals surface area contributed by atoms with Crippen LogP contribution in [0, 0.1) is 11.3 Å². The minimum atomic E-state index is -0.343. The average Bonchev–Trinajstić information content (AvgIpc) is 3.04. The van der Waals surface area contributed by atoms with E-state index in [0.29, 0.717) is 28.1 Å². The highest BCUT2D eigenvalue weighted by molar-refractivity contribution is 8.00. The summed E-state index contributed by atoms with van der Waals surface area (Å²) < 4.78 is 5.31.